The lowest BCUT2D eigenvalue weighted by Gasteiger charge is -2.14. The minimum Gasteiger partial charge on any atom is -0.508 e. The van der Waals surface area contributed by atoms with Gasteiger partial charge in [0.25, 0.3) is 5.91 Å². The van der Waals surface area contributed by atoms with Crippen molar-refractivity contribution >= 4 is 23.5 Å². The fourth-order valence-electron chi connectivity index (χ4n) is 2.63. The van der Waals surface area contributed by atoms with Crippen molar-refractivity contribution in [1.82, 2.24) is 10.4 Å². The second-order valence-corrected chi connectivity index (χ2v) is 6.41. The number of hydrogen-bond acceptors (Lipinski definition) is 7. The molecule has 4 N–H and O–H groups in total. The third kappa shape index (κ3) is 5.45. The number of nitrogens with one attached hydrogen (secondary N) is 2. The highest BCUT2D eigenvalue weighted by Gasteiger charge is 2.32. The molecule has 0 fully saturated rings. The van der Waals surface area contributed by atoms with Crippen LogP contribution >= 0.6 is 0 Å². The molecule has 8 nitrogen and oxygen atoms in total. The van der Waals surface area contributed by atoms with Crippen molar-refractivity contribution in [3.63, 3.8) is 0 Å². The van der Waals surface area contributed by atoms with Gasteiger partial charge in [0.1, 0.15) is 22.9 Å². The Kier molecular flexibility index (Phi) is 6.47. The zero-order valence-electron chi connectivity index (χ0n) is 16.5. The first-order valence-electron chi connectivity index (χ1n) is 9.01. The van der Waals surface area contributed by atoms with Crippen molar-refractivity contribution in [3.05, 3.63) is 71.5 Å². The topological polar surface area (TPSA) is 116 Å². The Hall–Kier alpha value is -4.28. The number of alkyl halides is 3. The highest BCUT2D eigenvalue weighted by atomic mass is 19.4. The summed E-state index contributed by atoms with van der Waals surface area (Å²) in [5.41, 5.74) is 1.97. The largest absolute Gasteiger partial charge is 0.508 e. The summed E-state index contributed by atoms with van der Waals surface area (Å²) in [6.07, 6.45) is -2.40. The molecule has 0 unspecified atom stereocenters. The molecule has 0 spiro atoms. The number of nitrogens with zero attached hydrogens (tertiary/aromatic N) is 2. The van der Waals surface area contributed by atoms with Crippen LogP contribution in [-0.4, -0.2) is 34.4 Å². The summed E-state index contributed by atoms with van der Waals surface area (Å²) in [4.78, 5) is 15.7. The van der Waals surface area contributed by atoms with E-state index in [1.807, 2.05) is 0 Å². The molecule has 1 amide bonds. The van der Waals surface area contributed by atoms with Crippen molar-refractivity contribution in [3.8, 4) is 17.2 Å². The number of phenols is 2. The van der Waals surface area contributed by atoms with Crippen LogP contribution in [-0.2, 0) is 6.18 Å². The molecular formula is C21H17F3N4O4. The van der Waals surface area contributed by atoms with E-state index in [4.69, 9.17) is 4.74 Å². The smallest absolute Gasteiger partial charge is 0.433 e. The maximum Gasteiger partial charge on any atom is 0.433 e. The standard InChI is InChI=1S/C21H17F3N4O4/c1-32-18-5-3-12(20(31)28-26-11-13-2-4-15(29)10-17(13)30)8-16(18)27-14-6-7-25-19(9-14)21(22,23)24/h2-11,29-30H,1H3,(H,25,27)(H,28,31)/b26-11+. The van der Waals surface area contributed by atoms with Crippen LogP contribution in [0.2, 0.25) is 0 Å². The molecule has 166 valence electrons. The number of benzene rings is 2. The lowest BCUT2D eigenvalue weighted by molar-refractivity contribution is -0.141. The van der Waals surface area contributed by atoms with Gasteiger partial charge in [-0.25, -0.2) is 5.43 Å². The molecule has 32 heavy (non-hydrogen) atoms. The Morgan fingerprint density at radius 2 is 1.91 bits per heavy atom. The van der Waals surface area contributed by atoms with Gasteiger partial charge in [0.2, 0.25) is 0 Å². The predicted molar refractivity (Wildman–Crippen MR) is 110 cm³/mol. The molecule has 0 aliphatic rings. The molecule has 0 aliphatic carbocycles. The number of rotatable bonds is 6. The van der Waals surface area contributed by atoms with E-state index in [0.717, 1.165) is 18.3 Å². The zero-order chi connectivity index (χ0) is 23.3. The van der Waals surface area contributed by atoms with E-state index in [1.54, 1.807) is 0 Å². The fraction of sp³-hybridized carbons (Fsp3) is 0.0952. The van der Waals surface area contributed by atoms with E-state index in [2.05, 4.69) is 20.8 Å². The van der Waals surface area contributed by atoms with E-state index < -0.39 is 17.8 Å². The molecule has 11 heteroatoms. The number of amides is 1. The maximum absolute atomic E-state index is 12.9. The second-order valence-electron chi connectivity index (χ2n) is 6.41. The normalized spacial score (nSPS) is 11.4. The van der Waals surface area contributed by atoms with Gasteiger partial charge in [0.15, 0.2) is 0 Å². The van der Waals surface area contributed by atoms with E-state index in [1.165, 1.54) is 49.7 Å². The SMILES string of the molecule is COc1ccc(C(=O)N/N=C/c2ccc(O)cc2O)cc1Nc1ccnc(C(F)(F)F)c1. The van der Waals surface area contributed by atoms with Crippen molar-refractivity contribution < 1.29 is 32.9 Å². The van der Waals surface area contributed by atoms with Gasteiger partial charge in [0, 0.05) is 29.1 Å². The van der Waals surface area contributed by atoms with Crippen molar-refractivity contribution in [1.29, 1.82) is 0 Å². The van der Waals surface area contributed by atoms with Crippen molar-refractivity contribution in [2.24, 2.45) is 5.10 Å². The maximum atomic E-state index is 12.9. The minimum atomic E-state index is -4.60. The molecule has 1 heterocycles. The molecular weight excluding hydrogens is 429 g/mol. The Morgan fingerprint density at radius 1 is 1.12 bits per heavy atom. The first kappa shape index (κ1) is 22.4. The van der Waals surface area contributed by atoms with Crippen LogP contribution in [0.1, 0.15) is 21.6 Å². The second kappa shape index (κ2) is 9.25. The van der Waals surface area contributed by atoms with E-state index >= 15 is 0 Å². The molecule has 0 aliphatic heterocycles. The molecule has 1 aromatic heterocycles. The number of ether oxygens (including phenoxy) is 1. The quantitative estimate of drug-likeness (QED) is 0.336. The van der Waals surface area contributed by atoms with Gasteiger partial charge in [-0.3, -0.25) is 9.78 Å². The van der Waals surface area contributed by atoms with Gasteiger partial charge in [-0.2, -0.15) is 18.3 Å². The Balaban J connectivity index is 1.78. The number of pyridine rings is 1. The summed E-state index contributed by atoms with van der Waals surface area (Å²) in [5, 5.41) is 25.5. The number of aromatic nitrogens is 1. The highest BCUT2D eigenvalue weighted by molar-refractivity contribution is 5.96. The lowest BCUT2D eigenvalue weighted by atomic mass is 10.1. The highest BCUT2D eigenvalue weighted by Crippen LogP contribution is 2.32. The summed E-state index contributed by atoms with van der Waals surface area (Å²) in [7, 11) is 1.38. The van der Waals surface area contributed by atoms with Crippen molar-refractivity contribution in [2.75, 3.05) is 12.4 Å². The Morgan fingerprint density at radius 3 is 2.59 bits per heavy atom. The first-order chi connectivity index (χ1) is 15.2. The third-order valence-corrected chi connectivity index (χ3v) is 4.17. The minimum absolute atomic E-state index is 0.101. The monoisotopic (exact) mass is 446 g/mol. The van der Waals surface area contributed by atoms with E-state index in [9.17, 15) is 28.2 Å². The summed E-state index contributed by atoms with van der Waals surface area (Å²) < 4.78 is 43.9. The van der Waals surface area contributed by atoms with Crippen LogP contribution in [0.5, 0.6) is 17.2 Å². The van der Waals surface area contributed by atoms with Gasteiger partial charge < -0.3 is 20.3 Å². The average molecular weight is 446 g/mol. The molecule has 0 radical (unpaired) electrons. The number of phenolic OH excluding ortho intramolecular Hbond substituents is 2. The lowest BCUT2D eigenvalue weighted by Crippen LogP contribution is -2.17. The van der Waals surface area contributed by atoms with Crippen LogP contribution < -0.4 is 15.5 Å². The molecule has 3 aromatic rings. The molecule has 0 saturated heterocycles. The van der Waals surface area contributed by atoms with E-state index in [0.29, 0.717) is 5.75 Å². The number of methoxy groups -OCH3 is 1. The number of carbonyl (C=O) groups is 1. The summed E-state index contributed by atoms with van der Waals surface area (Å²) in [6.45, 7) is 0. The number of aromatic hydroxyl groups is 2. The van der Waals surface area contributed by atoms with Crippen LogP contribution in [0.3, 0.4) is 0 Å². The van der Waals surface area contributed by atoms with Gasteiger partial charge in [-0.1, -0.05) is 0 Å². The van der Waals surface area contributed by atoms with Gasteiger partial charge >= 0.3 is 6.18 Å². The van der Waals surface area contributed by atoms with Crippen molar-refractivity contribution in [2.45, 2.75) is 6.18 Å². The predicted octanol–water partition coefficient (Wildman–Crippen LogP) is 4.03. The summed E-state index contributed by atoms with van der Waals surface area (Å²) in [6, 6.07) is 10.3. The molecule has 0 saturated carbocycles. The summed E-state index contributed by atoms with van der Waals surface area (Å²) in [5.74, 6) is -0.673. The number of hydrogen-bond donors (Lipinski definition) is 4. The molecule has 3 rings (SSSR count). The van der Waals surface area contributed by atoms with Crippen LogP contribution in [0.4, 0.5) is 24.5 Å². The number of carbonyl (C=O) groups excluding carboxylic acids is 1. The Bertz CT molecular complexity index is 1170. The number of anilines is 2. The molecule has 0 bridgehead atoms. The van der Waals surface area contributed by atoms with Crippen LogP contribution in [0.15, 0.2) is 59.8 Å². The Labute approximate surface area is 180 Å². The first-order valence-corrected chi connectivity index (χ1v) is 9.01. The number of hydrazone groups is 1. The average Bonchev–Trinajstić information content (AvgIpc) is 2.74. The van der Waals surface area contributed by atoms with Crippen LogP contribution in [0, 0.1) is 0 Å². The molecule has 2 aromatic carbocycles. The summed E-state index contributed by atoms with van der Waals surface area (Å²) >= 11 is 0. The molecule has 0 atom stereocenters. The van der Waals surface area contributed by atoms with Gasteiger partial charge in [-0.15, -0.1) is 0 Å². The fourth-order valence-corrected chi connectivity index (χ4v) is 2.63. The van der Waals surface area contributed by atoms with Gasteiger partial charge in [-0.05, 0) is 42.5 Å². The third-order valence-electron chi connectivity index (χ3n) is 4.17. The zero-order valence-corrected chi connectivity index (χ0v) is 16.5. The van der Waals surface area contributed by atoms with Gasteiger partial charge in [0.05, 0.1) is 19.0 Å². The van der Waals surface area contributed by atoms with E-state index in [-0.39, 0.29) is 34.0 Å². The number of halogens is 3. The van der Waals surface area contributed by atoms with Crippen LogP contribution in [0.25, 0.3) is 0 Å².